The molecule has 1 aliphatic rings. The van der Waals surface area contributed by atoms with Gasteiger partial charge in [-0.2, -0.15) is 0 Å². The highest BCUT2D eigenvalue weighted by atomic mass is 16.4. The first-order valence-corrected chi connectivity index (χ1v) is 5.09. The molecule has 2 N–H and O–H groups in total. The highest BCUT2D eigenvalue weighted by Gasteiger charge is 2.57. The van der Waals surface area contributed by atoms with Gasteiger partial charge in [0, 0.05) is 14.1 Å². The number of carboxylic acids is 1. The molecule has 0 radical (unpaired) electrons. The van der Waals surface area contributed by atoms with Crippen LogP contribution in [0.1, 0.15) is 19.8 Å². The van der Waals surface area contributed by atoms with E-state index < -0.39 is 23.3 Å². The molecule has 1 unspecified atom stereocenters. The molecular weight excluding hydrogens is 212 g/mol. The number of nitrogens with one attached hydrogen (secondary N) is 1. The van der Waals surface area contributed by atoms with Crippen LogP contribution in [0.15, 0.2) is 0 Å². The third kappa shape index (κ3) is 1.87. The van der Waals surface area contributed by atoms with Crippen molar-refractivity contribution in [2.75, 3.05) is 14.1 Å². The Hall–Kier alpha value is -1.59. The summed E-state index contributed by atoms with van der Waals surface area (Å²) in [6.07, 6.45) is 0.977. The fourth-order valence-electron chi connectivity index (χ4n) is 1.58. The maximum Gasteiger partial charge on any atom is 0.326 e. The maximum absolute atomic E-state index is 12.0. The van der Waals surface area contributed by atoms with Gasteiger partial charge in [-0.3, -0.25) is 9.59 Å². The lowest BCUT2D eigenvalue weighted by Gasteiger charge is -2.25. The molecule has 0 aromatic carbocycles. The molecule has 1 fully saturated rings. The summed E-state index contributed by atoms with van der Waals surface area (Å²) in [5.41, 5.74) is -1.02. The van der Waals surface area contributed by atoms with E-state index in [1.54, 1.807) is 0 Å². The van der Waals surface area contributed by atoms with Crippen LogP contribution in [0.25, 0.3) is 0 Å². The Morgan fingerprint density at radius 1 is 1.38 bits per heavy atom. The van der Waals surface area contributed by atoms with Crippen LogP contribution in [-0.4, -0.2) is 47.9 Å². The van der Waals surface area contributed by atoms with E-state index in [4.69, 9.17) is 5.11 Å². The molecule has 16 heavy (non-hydrogen) atoms. The van der Waals surface area contributed by atoms with E-state index in [0.29, 0.717) is 12.8 Å². The van der Waals surface area contributed by atoms with Crippen molar-refractivity contribution >= 4 is 17.8 Å². The molecule has 1 saturated carbocycles. The number of nitrogens with zero attached hydrogens (tertiary/aromatic N) is 1. The van der Waals surface area contributed by atoms with E-state index in [0.717, 1.165) is 4.90 Å². The average molecular weight is 228 g/mol. The van der Waals surface area contributed by atoms with Gasteiger partial charge in [-0.25, -0.2) is 4.79 Å². The van der Waals surface area contributed by atoms with Crippen LogP contribution in [0.5, 0.6) is 0 Å². The first-order valence-electron chi connectivity index (χ1n) is 5.09. The van der Waals surface area contributed by atoms with E-state index in [-0.39, 0.29) is 5.91 Å². The van der Waals surface area contributed by atoms with Crippen LogP contribution in [0.3, 0.4) is 0 Å². The molecule has 1 rings (SSSR count). The van der Waals surface area contributed by atoms with Gasteiger partial charge in [0.05, 0.1) is 0 Å². The van der Waals surface area contributed by atoms with E-state index >= 15 is 0 Å². The molecule has 0 spiro atoms. The third-order valence-electron chi connectivity index (χ3n) is 3.08. The standard InChI is InChI=1S/C10H16N2O4/c1-6(7(13)14)12(3)9(16)10(4-5-10)8(15)11-2/h6H,4-5H2,1-3H3,(H,11,15)(H,13,14). The lowest BCUT2D eigenvalue weighted by atomic mass is 10.0. The number of carboxylic acid groups (broad SMARTS) is 1. The molecule has 0 aliphatic heterocycles. The Balaban J connectivity index is 2.79. The summed E-state index contributed by atoms with van der Waals surface area (Å²) in [6, 6.07) is -0.922. The second-order valence-electron chi connectivity index (χ2n) is 4.09. The number of hydrogen-bond donors (Lipinski definition) is 2. The molecule has 6 heteroatoms. The normalized spacial score (nSPS) is 18.4. The molecular formula is C10H16N2O4. The molecule has 1 aliphatic carbocycles. The highest BCUT2D eigenvalue weighted by Crippen LogP contribution is 2.47. The Morgan fingerprint density at radius 3 is 2.19 bits per heavy atom. The van der Waals surface area contributed by atoms with E-state index in [1.807, 2.05) is 0 Å². The zero-order valence-electron chi connectivity index (χ0n) is 9.61. The quantitative estimate of drug-likeness (QED) is 0.632. The Kier molecular flexibility index (Phi) is 3.21. The summed E-state index contributed by atoms with van der Waals surface area (Å²) in [6.45, 7) is 1.42. The number of aliphatic carboxylic acids is 1. The second kappa shape index (κ2) is 4.11. The molecule has 0 saturated heterocycles. The van der Waals surface area contributed by atoms with Crippen LogP contribution in [0, 0.1) is 5.41 Å². The van der Waals surface area contributed by atoms with Gasteiger partial charge in [0.25, 0.3) is 0 Å². The van der Waals surface area contributed by atoms with Gasteiger partial charge < -0.3 is 15.3 Å². The number of carbonyl (C=O) groups excluding carboxylic acids is 2. The molecule has 0 heterocycles. The monoisotopic (exact) mass is 228 g/mol. The Labute approximate surface area is 93.6 Å². The first-order chi connectivity index (χ1) is 7.36. The number of amides is 2. The van der Waals surface area contributed by atoms with Gasteiger partial charge in [-0.1, -0.05) is 0 Å². The van der Waals surface area contributed by atoms with Gasteiger partial charge in [-0.15, -0.1) is 0 Å². The summed E-state index contributed by atoms with van der Waals surface area (Å²) >= 11 is 0. The molecule has 1 atom stereocenters. The molecule has 90 valence electrons. The lowest BCUT2D eigenvalue weighted by Crippen LogP contribution is -2.48. The van der Waals surface area contributed by atoms with Crippen LogP contribution in [0.2, 0.25) is 0 Å². The van der Waals surface area contributed by atoms with Gasteiger partial charge in [0.1, 0.15) is 11.5 Å². The van der Waals surface area contributed by atoms with Crippen LogP contribution < -0.4 is 5.32 Å². The average Bonchev–Trinajstić information content (AvgIpc) is 3.05. The van der Waals surface area contributed by atoms with Gasteiger partial charge in [0.2, 0.25) is 11.8 Å². The van der Waals surface area contributed by atoms with Gasteiger partial charge in [0.15, 0.2) is 0 Å². The molecule has 6 nitrogen and oxygen atoms in total. The van der Waals surface area contributed by atoms with Gasteiger partial charge >= 0.3 is 5.97 Å². The summed E-state index contributed by atoms with van der Waals surface area (Å²) in [7, 11) is 2.88. The minimum Gasteiger partial charge on any atom is -0.480 e. The molecule has 0 aromatic rings. The minimum absolute atomic E-state index is 0.332. The van der Waals surface area contributed by atoms with Crippen LogP contribution in [0.4, 0.5) is 0 Å². The topological polar surface area (TPSA) is 86.7 Å². The van der Waals surface area contributed by atoms with E-state index in [9.17, 15) is 14.4 Å². The molecule has 0 bridgehead atoms. The van der Waals surface area contributed by atoms with Crippen molar-refractivity contribution < 1.29 is 19.5 Å². The number of rotatable bonds is 4. The van der Waals surface area contributed by atoms with Crippen molar-refractivity contribution in [3.63, 3.8) is 0 Å². The summed E-state index contributed by atoms with van der Waals surface area (Å²) < 4.78 is 0. The van der Waals surface area contributed by atoms with Crippen molar-refractivity contribution in [3.05, 3.63) is 0 Å². The predicted molar refractivity (Wildman–Crippen MR) is 55.6 cm³/mol. The van der Waals surface area contributed by atoms with Crippen molar-refractivity contribution in [1.29, 1.82) is 0 Å². The largest absolute Gasteiger partial charge is 0.480 e. The summed E-state index contributed by atoms with van der Waals surface area (Å²) in [5, 5.41) is 11.2. The van der Waals surface area contributed by atoms with E-state index in [2.05, 4.69) is 5.32 Å². The zero-order chi connectivity index (χ0) is 12.5. The van der Waals surface area contributed by atoms with Crippen molar-refractivity contribution in [2.24, 2.45) is 5.41 Å². The van der Waals surface area contributed by atoms with E-state index in [1.165, 1.54) is 21.0 Å². The number of likely N-dealkylation sites (N-methyl/N-ethyl adjacent to an activating group) is 1. The predicted octanol–water partition coefficient (Wildman–Crippen LogP) is -0.556. The molecule has 2 amide bonds. The fourth-order valence-corrected chi connectivity index (χ4v) is 1.58. The highest BCUT2D eigenvalue weighted by molar-refractivity contribution is 6.08. The minimum atomic E-state index is -1.08. The number of hydrogen-bond acceptors (Lipinski definition) is 3. The maximum atomic E-state index is 12.0. The first kappa shape index (κ1) is 12.5. The smallest absolute Gasteiger partial charge is 0.326 e. The summed E-state index contributed by atoms with van der Waals surface area (Å²) in [5.74, 6) is -1.83. The summed E-state index contributed by atoms with van der Waals surface area (Å²) in [4.78, 5) is 35.4. The van der Waals surface area contributed by atoms with Crippen LogP contribution in [-0.2, 0) is 14.4 Å². The van der Waals surface area contributed by atoms with Crippen molar-refractivity contribution in [1.82, 2.24) is 10.2 Å². The van der Waals surface area contributed by atoms with Crippen LogP contribution >= 0.6 is 0 Å². The fraction of sp³-hybridized carbons (Fsp3) is 0.700. The third-order valence-corrected chi connectivity index (χ3v) is 3.08. The Morgan fingerprint density at radius 2 is 1.88 bits per heavy atom. The second-order valence-corrected chi connectivity index (χ2v) is 4.09. The zero-order valence-corrected chi connectivity index (χ0v) is 9.61. The number of carbonyl (C=O) groups is 3. The van der Waals surface area contributed by atoms with Crippen molar-refractivity contribution in [2.45, 2.75) is 25.8 Å². The SMILES string of the molecule is CNC(=O)C1(C(=O)N(C)C(C)C(=O)O)CC1. The molecule has 0 aromatic heterocycles. The van der Waals surface area contributed by atoms with Crippen molar-refractivity contribution in [3.8, 4) is 0 Å². The van der Waals surface area contributed by atoms with Gasteiger partial charge in [-0.05, 0) is 19.8 Å². The lowest BCUT2D eigenvalue weighted by molar-refractivity contribution is -0.153. The Bertz CT molecular complexity index is 336.